The van der Waals surface area contributed by atoms with Gasteiger partial charge in [0.2, 0.25) is 0 Å². The number of benzene rings is 1. The van der Waals surface area contributed by atoms with Crippen molar-refractivity contribution in [2.24, 2.45) is 0 Å². The summed E-state index contributed by atoms with van der Waals surface area (Å²) < 4.78 is 1.92. The number of nitrogens with one attached hydrogen (secondary N) is 1. The van der Waals surface area contributed by atoms with Gasteiger partial charge >= 0.3 is 0 Å². The second-order valence-electron chi connectivity index (χ2n) is 4.71. The number of rotatable bonds is 4. The average Bonchev–Trinajstić information content (AvgIpc) is 3.12. The van der Waals surface area contributed by atoms with Gasteiger partial charge in [-0.25, -0.2) is 4.68 Å². The molecule has 0 radical (unpaired) electrons. The summed E-state index contributed by atoms with van der Waals surface area (Å²) in [5.74, 6) is 0. The van der Waals surface area contributed by atoms with Crippen LogP contribution in [0, 0.1) is 6.92 Å². The molecular formula is C16H17N3S. The summed E-state index contributed by atoms with van der Waals surface area (Å²) in [6.07, 6.45) is 4.03. The zero-order valence-corrected chi connectivity index (χ0v) is 12.4. The topological polar surface area (TPSA) is 29.9 Å². The van der Waals surface area contributed by atoms with Crippen molar-refractivity contribution in [1.82, 2.24) is 15.1 Å². The standard InChI is InChI=1S/C16H17N3S/c1-12-15(8-9-20-12)16(17-2)13-10-18-19(11-13)14-6-4-3-5-7-14/h3-11,16-17H,1-2H3. The quantitative estimate of drug-likeness (QED) is 0.793. The van der Waals surface area contributed by atoms with E-state index in [1.54, 1.807) is 11.3 Å². The van der Waals surface area contributed by atoms with Crippen molar-refractivity contribution >= 4 is 11.3 Å². The highest BCUT2D eigenvalue weighted by molar-refractivity contribution is 7.10. The van der Waals surface area contributed by atoms with Gasteiger partial charge in [-0.15, -0.1) is 11.3 Å². The van der Waals surface area contributed by atoms with Gasteiger partial charge in [-0.3, -0.25) is 0 Å². The minimum atomic E-state index is 0.193. The fourth-order valence-electron chi connectivity index (χ4n) is 2.40. The Labute approximate surface area is 122 Å². The number of para-hydroxylation sites is 1. The van der Waals surface area contributed by atoms with Crippen LogP contribution in [0.5, 0.6) is 0 Å². The SMILES string of the molecule is CNC(c1cnn(-c2ccccc2)c1)c1ccsc1C. The summed E-state index contributed by atoms with van der Waals surface area (Å²) in [5, 5.41) is 9.99. The van der Waals surface area contributed by atoms with Gasteiger partial charge in [-0.2, -0.15) is 5.10 Å². The van der Waals surface area contributed by atoms with Crippen molar-refractivity contribution in [3.8, 4) is 5.69 Å². The Morgan fingerprint density at radius 3 is 2.65 bits per heavy atom. The van der Waals surface area contributed by atoms with Crippen molar-refractivity contribution in [3.05, 3.63) is 70.2 Å². The lowest BCUT2D eigenvalue weighted by Crippen LogP contribution is -2.17. The summed E-state index contributed by atoms with van der Waals surface area (Å²) in [6, 6.07) is 12.5. The van der Waals surface area contributed by atoms with Crippen LogP contribution in [-0.4, -0.2) is 16.8 Å². The molecule has 102 valence electrons. The van der Waals surface area contributed by atoms with Gasteiger partial charge in [0.15, 0.2) is 0 Å². The first-order valence-electron chi connectivity index (χ1n) is 6.61. The van der Waals surface area contributed by atoms with E-state index in [4.69, 9.17) is 0 Å². The van der Waals surface area contributed by atoms with Gasteiger partial charge in [0, 0.05) is 16.6 Å². The Morgan fingerprint density at radius 1 is 1.20 bits per heavy atom. The molecule has 1 N–H and O–H groups in total. The molecule has 4 heteroatoms. The molecule has 3 rings (SSSR count). The highest BCUT2D eigenvalue weighted by atomic mass is 32.1. The monoisotopic (exact) mass is 283 g/mol. The highest BCUT2D eigenvalue weighted by Gasteiger charge is 2.17. The summed E-state index contributed by atoms with van der Waals surface area (Å²) >= 11 is 1.78. The summed E-state index contributed by atoms with van der Waals surface area (Å²) in [4.78, 5) is 1.34. The smallest absolute Gasteiger partial charge is 0.0645 e. The van der Waals surface area contributed by atoms with Crippen molar-refractivity contribution in [1.29, 1.82) is 0 Å². The van der Waals surface area contributed by atoms with Crippen molar-refractivity contribution in [2.45, 2.75) is 13.0 Å². The lowest BCUT2D eigenvalue weighted by atomic mass is 10.0. The molecule has 0 bridgehead atoms. The van der Waals surface area contributed by atoms with Crippen LogP contribution in [0.25, 0.3) is 5.69 Å². The molecule has 3 nitrogen and oxygen atoms in total. The number of aromatic nitrogens is 2. The van der Waals surface area contributed by atoms with E-state index in [1.165, 1.54) is 16.0 Å². The Hall–Kier alpha value is -1.91. The zero-order valence-electron chi connectivity index (χ0n) is 11.6. The van der Waals surface area contributed by atoms with E-state index in [2.05, 4.69) is 47.1 Å². The summed E-state index contributed by atoms with van der Waals surface area (Å²) in [6.45, 7) is 2.16. The van der Waals surface area contributed by atoms with Crippen LogP contribution in [0.1, 0.15) is 22.0 Å². The van der Waals surface area contributed by atoms with Gasteiger partial charge < -0.3 is 5.32 Å². The van der Waals surface area contributed by atoms with E-state index < -0.39 is 0 Å². The number of nitrogens with zero attached hydrogens (tertiary/aromatic N) is 2. The maximum absolute atomic E-state index is 4.47. The lowest BCUT2D eigenvalue weighted by molar-refractivity contribution is 0.690. The minimum Gasteiger partial charge on any atom is -0.309 e. The number of aryl methyl sites for hydroxylation is 1. The molecule has 0 saturated heterocycles. The molecule has 0 aliphatic rings. The van der Waals surface area contributed by atoms with E-state index in [-0.39, 0.29) is 6.04 Å². The first kappa shape index (κ1) is 13.1. The third-order valence-electron chi connectivity index (χ3n) is 3.46. The Balaban J connectivity index is 1.95. The predicted octanol–water partition coefficient (Wildman–Crippen LogP) is 3.55. The van der Waals surface area contributed by atoms with Crippen LogP contribution in [-0.2, 0) is 0 Å². The molecule has 1 aromatic carbocycles. The molecule has 1 atom stereocenters. The Morgan fingerprint density at radius 2 is 2.00 bits per heavy atom. The van der Waals surface area contributed by atoms with Gasteiger partial charge in [-0.1, -0.05) is 18.2 Å². The second kappa shape index (κ2) is 5.61. The largest absolute Gasteiger partial charge is 0.309 e. The third kappa shape index (κ3) is 2.40. The molecule has 0 aliphatic heterocycles. The normalized spacial score (nSPS) is 12.5. The molecule has 0 saturated carbocycles. The van der Waals surface area contributed by atoms with E-state index in [9.17, 15) is 0 Å². The highest BCUT2D eigenvalue weighted by Crippen LogP contribution is 2.28. The van der Waals surface area contributed by atoms with Crippen LogP contribution < -0.4 is 5.32 Å². The third-order valence-corrected chi connectivity index (χ3v) is 4.32. The lowest BCUT2D eigenvalue weighted by Gasteiger charge is -2.14. The molecule has 2 aromatic heterocycles. The van der Waals surface area contributed by atoms with Gasteiger partial charge in [0.1, 0.15) is 0 Å². The molecule has 3 aromatic rings. The first-order chi connectivity index (χ1) is 9.79. The number of thiophene rings is 1. The van der Waals surface area contributed by atoms with Crippen LogP contribution in [0.4, 0.5) is 0 Å². The predicted molar refractivity (Wildman–Crippen MR) is 83.5 cm³/mol. The fourth-order valence-corrected chi connectivity index (χ4v) is 3.14. The molecule has 0 spiro atoms. The van der Waals surface area contributed by atoms with E-state index >= 15 is 0 Å². The Bertz CT molecular complexity index is 685. The van der Waals surface area contributed by atoms with Crippen LogP contribution in [0.2, 0.25) is 0 Å². The molecular weight excluding hydrogens is 266 g/mol. The zero-order chi connectivity index (χ0) is 13.9. The van der Waals surface area contributed by atoms with Gasteiger partial charge in [0.05, 0.1) is 17.9 Å². The molecule has 2 heterocycles. The van der Waals surface area contributed by atoms with Crippen molar-refractivity contribution in [3.63, 3.8) is 0 Å². The summed E-state index contributed by atoms with van der Waals surface area (Å²) in [7, 11) is 1.99. The molecule has 20 heavy (non-hydrogen) atoms. The van der Waals surface area contributed by atoms with E-state index in [0.29, 0.717) is 0 Å². The minimum absolute atomic E-state index is 0.193. The van der Waals surface area contributed by atoms with E-state index in [1.807, 2.05) is 36.1 Å². The average molecular weight is 283 g/mol. The summed E-state index contributed by atoms with van der Waals surface area (Å²) in [5.41, 5.74) is 3.58. The molecule has 0 amide bonds. The maximum Gasteiger partial charge on any atom is 0.0645 e. The van der Waals surface area contributed by atoms with Gasteiger partial charge in [-0.05, 0) is 43.1 Å². The van der Waals surface area contributed by atoms with Crippen LogP contribution in [0.3, 0.4) is 0 Å². The molecule has 0 aliphatic carbocycles. The second-order valence-corrected chi connectivity index (χ2v) is 5.83. The van der Waals surface area contributed by atoms with Crippen LogP contribution in [0.15, 0.2) is 54.2 Å². The van der Waals surface area contributed by atoms with Crippen LogP contribution >= 0.6 is 11.3 Å². The first-order valence-corrected chi connectivity index (χ1v) is 7.49. The number of hydrogen-bond acceptors (Lipinski definition) is 3. The van der Waals surface area contributed by atoms with Crippen molar-refractivity contribution < 1.29 is 0 Å². The number of hydrogen-bond donors (Lipinski definition) is 1. The fraction of sp³-hybridized carbons (Fsp3) is 0.188. The molecule has 0 fully saturated rings. The Kier molecular flexibility index (Phi) is 3.67. The molecule has 1 unspecified atom stereocenters. The van der Waals surface area contributed by atoms with E-state index in [0.717, 1.165) is 5.69 Å². The van der Waals surface area contributed by atoms with Crippen molar-refractivity contribution in [2.75, 3.05) is 7.05 Å². The maximum atomic E-state index is 4.47. The van der Waals surface area contributed by atoms with Gasteiger partial charge in [0.25, 0.3) is 0 Å².